The summed E-state index contributed by atoms with van der Waals surface area (Å²) in [5.74, 6) is -0.833. The quantitative estimate of drug-likeness (QED) is 0.924. The summed E-state index contributed by atoms with van der Waals surface area (Å²) in [7, 11) is 0. The first kappa shape index (κ1) is 12.7. The standard InChI is InChI=1S/C12H13BrN2O/c1-3-9(7-14)12(16)15-10-5-4-8(2)11(13)6-10/h4-6,9H,3H2,1-2H3,(H,15,16). The molecule has 0 heterocycles. The third-order valence-corrected chi connectivity index (χ3v) is 3.17. The maximum atomic E-state index is 11.6. The fraction of sp³-hybridized carbons (Fsp3) is 0.333. The summed E-state index contributed by atoms with van der Waals surface area (Å²) in [4.78, 5) is 11.6. The lowest BCUT2D eigenvalue weighted by molar-refractivity contribution is -0.118. The summed E-state index contributed by atoms with van der Waals surface area (Å²) in [5, 5.41) is 11.5. The van der Waals surface area contributed by atoms with Crippen LogP contribution in [-0.2, 0) is 4.79 Å². The maximum Gasteiger partial charge on any atom is 0.241 e. The van der Waals surface area contributed by atoms with Crippen LogP contribution in [0, 0.1) is 24.2 Å². The lowest BCUT2D eigenvalue weighted by Crippen LogP contribution is -2.20. The summed E-state index contributed by atoms with van der Waals surface area (Å²) >= 11 is 3.39. The molecule has 1 unspecified atom stereocenters. The number of rotatable bonds is 3. The van der Waals surface area contributed by atoms with Crippen LogP contribution in [0.3, 0.4) is 0 Å². The molecule has 0 radical (unpaired) electrons. The van der Waals surface area contributed by atoms with Gasteiger partial charge in [0.15, 0.2) is 0 Å². The maximum absolute atomic E-state index is 11.6. The van der Waals surface area contributed by atoms with Crippen LogP contribution in [0.25, 0.3) is 0 Å². The molecule has 4 heteroatoms. The molecule has 16 heavy (non-hydrogen) atoms. The smallest absolute Gasteiger partial charge is 0.241 e. The molecule has 84 valence electrons. The predicted molar refractivity (Wildman–Crippen MR) is 66.9 cm³/mol. The van der Waals surface area contributed by atoms with Gasteiger partial charge in [0.05, 0.1) is 6.07 Å². The fourth-order valence-electron chi connectivity index (χ4n) is 1.24. The van der Waals surface area contributed by atoms with E-state index in [9.17, 15) is 4.79 Å². The van der Waals surface area contributed by atoms with Gasteiger partial charge in [0.25, 0.3) is 0 Å². The molecule has 1 amide bonds. The molecular weight excluding hydrogens is 268 g/mol. The van der Waals surface area contributed by atoms with E-state index in [1.54, 1.807) is 0 Å². The number of carbonyl (C=O) groups excluding carboxylic acids is 1. The van der Waals surface area contributed by atoms with Crippen molar-refractivity contribution in [1.29, 1.82) is 5.26 Å². The van der Waals surface area contributed by atoms with Gasteiger partial charge in [-0.25, -0.2) is 0 Å². The molecule has 1 atom stereocenters. The van der Waals surface area contributed by atoms with E-state index in [2.05, 4.69) is 21.2 Å². The topological polar surface area (TPSA) is 52.9 Å². The van der Waals surface area contributed by atoms with Crippen LogP contribution in [0.5, 0.6) is 0 Å². The zero-order valence-corrected chi connectivity index (χ0v) is 10.8. The normalized spacial score (nSPS) is 11.6. The Balaban J connectivity index is 2.78. The van der Waals surface area contributed by atoms with Crippen molar-refractivity contribution in [3.63, 3.8) is 0 Å². The fourth-order valence-corrected chi connectivity index (χ4v) is 1.61. The summed E-state index contributed by atoms with van der Waals surface area (Å²) < 4.78 is 0.940. The van der Waals surface area contributed by atoms with Gasteiger partial charge in [-0.2, -0.15) is 5.26 Å². The highest BCUT2D eigenvalue weighted by atomic mass is 79.9. The van der Waals surface area contributed by atoms with Gasteiger partial charge in [-0.1, -0.05) is 28.9 Å². The first-order valence-corrected chi connectivity index (χ1v) is 5.84. The van der Waals surface area contributed by atoms with Crippen molar-refractivity contribution in [2.45, 2.75) is 20.3 Å². The van der Waals surface area contributed by atoms with Crippen molar-refractivity contribution in [1.82, 2.24) is 0 Å². The number of aryl methyl sites for hydroxylation is 1. The van der Waals surface area contributed by atoms with Crippen molar-refractivity contribution in [3.8, 4) is 6.07 Å². The van der Waals surface area contributed by atoms with E-state index in [0.29, 0.717) is 12.1 Å². The molecule has 3 nitrogen and oxygen atoms in total. The molecular formula is C12H13BrN2O. The molecule has 1 aromatic carbocycles. The highest BCUT2D eigenvalue weighted by Crippen LogP contribution is 2.21. The number of hydrogen-bond acceptors (Lipinski definition) is 2. The zero-order chi connectivity index (χ0) is 12.1. The Kier molecular flexibility index (Phi) is 4.51. The largest absolute Gasteiger partial charge is 0.325 e. The molecule has 0 aliphatic rings. The molecule has 0 saturated carbocycles. The summed E-state index contributed by atoms with van der Waals surface area (Å²) in [6.07, 6.45) is 0.523. The molecule has 1 aromatic rings. The minimum Gasteiger partial charge on any atom is -0.325 e. The van der Waals surface area contributed by atoms with Crippen LogP contribution in [0.2, 0.25) is 0 Å². The number of halogens is 1. The Morgan fingerprint density at radius 3 is 2.81 bits per heavy atom. The summed E-state index contributed by atoms with van der Waals surface area (Å²) in [5.41, 5.74) is 1.81. The van der Waals surface area contributed by atoms with Crippen molar-refractivity contribution in [2.24, 2.45) is 5.92 Å². The van der Waals surface area contributed by atoms with Crippen LogP contribution < -0.4 is 5.32 Å². The van der Waals surface area contributed by atoms with Gasteiger partial charge in [0.1, 0.15) is 5.92 Å². The Morgan fingerprint density at radius 1 is 1.62 bits per heavy atom. The molecule has 0 aromatic heterocycles. The van der Waals surface area contributed by atoms with Crippen molar-refractivity contribution in [2.75, 3.05) is 5.32 Å². The summed E-state index contributed by atoms with van der Waals surface area (Å²) in [6.45, 7) is 3.79. The van der Waals surface area contributed by atoms with Crippen molar-refractivity contribution in [3.05, 3.63) is 28.2 Å². The van der Waals surface area contributed by atoms with Crippen LogP contribution in [0.15, 0.2) is 22.7 Å². The van der Waals surface area contributed by atoms with E-state index in [1.165, 1.54) is 0 Å². The number of nitrogens with zero attached hydrogens (tertiary/aromatic N) is 1. The van der Waals surface area contributed by atoms with Gasteiger partial charge >= 0.3 is 0 Å². The zero-order valence-electron chi connectivity index (χ0n) is 9.25. The molecule has 0 fully saturated rings. The third kappa shape index (κ3) is 3.07. The van der Waals surface area contributed by atoms with E-state index < -0.39 is 5.92 Å². The monoisotopic (exact) mass is 280 g/mol. The number of benzene rings is 1. The van der Waals surface area contributed by atoms with Gasteiger partial charge in [-0.15, -0.1) is 0 Å². The van der Waals surface area contributed by atoms with E-state index in [0.717, 1.165) is 10.0 Å². The molecule has 0 aliphatic carbocycles. The number of carbonyl (C=O) groups is 1. The predicted octanol–water partition coefficient (Wildman–Crippen LogP) is 3.25. The van der Waals surface area contributed by atoms with Gasteiger partial charge in [-0.3, -0.25) is 4.79 Å². The molecule has 0 bridgehead atoms. The van der Waals surface area contributed by atoms with Gasteiger partial charge in [0.2, 0.25) is 5.91 Å². The number of nitrogens with one attached hydrogen (secondary N) is 1. The van der Waals surface area contributed by atoms with E-state index >= 15 is 0 Å². The summed E-state index contributed by atoms with van der Waals surface area (Å²) in [6, 6.07) is 7.54. The highest BCUT2D eigenvalue weighted by Gasteiger charge is 2.15. The first-order chi connectivity index (χ1) is 7.58. The minimum absolute atomic E-state index is 0.249. The van der Waals surface area contributed by atoms with Gasteiger partial charge in [0, 0.05) is 10.2 Å². The van der Waals surface area contributed by atoms with Crippen molar-refractivity contribution >= 4 is 27.5 Å². The molecule has 0 aliphatic heterocycles. The lowest BCUT2D eigenvalue weighted by Gasteiger charge is -2.09. The highest BCUT2D eigenvalue weighted by molar-refractivity contribution is 9.10. The second-order valence-corrected chi connectivity index (χ2v) is 4.40. The Morgan fingerprint density at radius 2 is 2.31 bits per heavy atom. The lowest BCUT2D eigenvalue weighted by atomic mass is 10.1. The SMILES string of the molecule is CCC(C#N)C(=O)Nc1ccc(C)c(Br)c1. The second kappa shape index (κ2) is 5.66. The van der Waals surface area contributed by atoms with Gasteiger partial charge < -0.3 is 5.32 Å². The Labute approximate surface area is 104 Å². The minimum atomic E-state index is -0.583. The first-order valence-electron chi connectivity index (χ1n) is 5.05. The number of anilines is 1. The Hall–Kier alpha value is -1.34. The molecule has 1 N–H and O–H groups in total. The number of amides is 1. The average Bonchev–Trinajstić information content (AvgIpc) is 2.25. The van der Waals surface area contributed by atoms with Crippen molar-refractivity contribution < 1.29 is 4.79 Å². The average molecular weight is 281 g/mol. The van der Waals surface area contributed by atoms with Crippen LogP contribution in [0.4, 0.5) is 5.69 Å². The van der Waals surface area contributed by atoms with Crippen LogP contribution in [0.1, 0.15) is 18.9 Å². The Bertz CT molecular complexity index is 437. The van der Waals surface area contributed by atoms with E-state index in [4.69, 9.17) is 5.26 Å². The molecule has 0 saturated heterocycles. The van der Waals surface area contributed by atoms with Crippen LogP contribution in [-0.4, -0.2) is 5.91 Å². The van der Waals surface area contributed by atoms with E-state index in [1.807, 2.05) is 38.1 Å². The molecule has 1 rings (SSSR count). The van der Waals surface area contributed by atoms with E-state index in [-0.39, 0.29) is 5.91 Å². The number of hydrogen-bond donors (Lipinski definition) is 1. The number of nitriles is 1. The van der Waals surface area contributed by atoms with Gasteiger partial charge in [-0.05, 0) is 31.0 Å². The second-order valence-electron chi connectivity index (χ2n) is 3.54. The third-order valence-electron chi connectivity index (χ3n) is 2.32. The van der Waals surface area contributed by atoms with Crippen LogP contribution >= 0.6 is 15.9 Å². The molecule has 0 spiro atoms.